The molecule has 0 radical (unpaired) electrons. The van der Waals surface area contributed by atoms with E-state index in [1.165, 1.54) is 7.11 Å². The molecule has 1 aliphatic heterocycles. The van der Waals surface area contributed by atoms with Crippen LogP contribution in [-0.2, 0) is 16.1 Å². The van der Waals surface area contributed by atoms with E-state index in [0.717, 1.165) is 32.6 Å². The zero-order valence-corrected chi connectivity index (χ0v) is 21.4. The Morgan fingerprint density at radius 1 is 1.05 bits per heavy atom. The van der Waals surface area contributed by atoms with Crippen LogP contribution >= 0.6 is 0 Å². The topological polar surface area (TPSA) is 116 Å². The zero-order chi connectivity index (χ0) is 27.5. The number of methoxy groups -OCH3 is 1. The van der Waals surface area contributed by atoms with Gasteiger partial charge in [-0.15, -0.1) is 0 Å². The van der Waals surface area contributed by atoms with Crippen molar-refractivity contribution >= 4 is 40.5 Å². The SMILES string of the molecule is COc1ccccc1NC(=O)CN1C(=O)N/C(=C/c2c(C)n(Cc3ccccc3C#N)c3ccccc23)C1=O. The van der Waals surface area contributed by atoms with Crippen LogP contribution in [0.15, 0.2) is 78.5 Å². The van der Waals surface area contributed by atoms with Gasteiger partial charge in [0, 0.05) is 28.7 Å². The monoisotopic (exact) mass is 519 g/mol. The molecule has 9 heteroatoms. The normalized spacial score (nSPS) is 14.0. The molecule has 39 heavy (non-hydrogen) atoms. The summed E-state index contributed by atoms with van der Waals surface area (Å²) in [7, 11) is 1.49. The van der Waals surface area contributed by atoms with Crippen LogP contribution in [0.4, 0.5) is 10.5 Å². The highest BCUT2D eigenvalue weighted by Crippen LogP contribution is 2.30. The minimum Gasteiger partial charge on any atom is -0.495 e. The third-order valence-corrected chi connectivity index (χ3v) is 6.68. The van der Waals surface area contributed by atoms with Gasteiger partial charge in [0.15, 0.2) is 0 Å². The van der Waals surface area contributed by atoms with E-state index in [1.807, 2.05) is 49.4 Å². The summed E-state index contributed by atoms with van der Waals surface area (Å²) in [4.78, 5) is 39.4. The first kappa shape index (κ1) is 25.3. The molecular weight excluding hydrogens is 494 g/mol. The van der Waals surface area contributed by atoms with E-state index < -0.39 is 24.4 Å². The fourth-order valence-corrected chi connectivity index (χ4v) is 4.72. The lowest BCUT2D eigenvalue weighted by Gasteiger charge is -2.13. The summed E-state index contributed by atoms with van der Waals surface area (Å²) in [5, 5.41) is 15.7. The van der Waals surface area contributed by atoms with Gasteiger partial charge < -0.3 is 19.9 Å². The molecule has 9 nitrogen and oxygen atoms in total. The molecule has 1 aliphatic rings. The van der Waals surface area contributed by atoms with Gasteiger partial charge >= 0.3 is 6.03 Å². The number of imide groups is 1. The van der Waals surface area contributed by atoms with Crippen molar-refractivity contribution in [2.24, 2.45) is 0 Å². The lowest BCUT2D eigenvalue weighted by atomic mass is 10.1. The number of benzene rings is 3. The number of para-hydroxylation sites is 3. The summed E-state index contributed by atoms with van der Waals surface area (Å²) in [5.74, 6) is -0.665. The van der Waals surface area contributed by atoms with Crippen molar-refractivity contribution in [2.45, 2.75) is 13.5 Å². The van der Waals surface area contributed by atoms with E-state index in [1.54, 1.807) is 36.4 Å². The molecule has 4 amide bonds. The van der Waals surface area contributed by atoms with E-state index in [9.17, 15) is 19.6 Å². The largest absolute Gasteiger partial charge is 0.495 e. The number of nitriles is 1. The van der Waals surface area contributed by atoms with Crippen molar-refractivity contribution in [3.05, 3.63) is 101 Å². The molecule has 0 aliphatic carbocycles. The summed E-state index contributed by atoms with van der Waals surface area (Å²) in [5.41, 5.74) is 4.55. The first-order chi connectivity index (χ1) is 18.9. The lowest BCUT2D eigenvalue weighted by Crippen LogP contribution is -2.38. The van der Waals surface area contributed by atoms with Gasteiger partial charge in [-0.1, -0.05) is 48.5 Å². The molecule has 1 saturated heterocycles. The lowest BCUT2D eigenvalue weighted by molar-refractivity contribution is -0.127. The maximum absolute atomic E-state index is 13.2. The van der Waals surface area contributed by atoms with Crippen LogP contribution in [0.1, 0.15) is 22.4 Å². The molecule has 1 fully saturated rings. The number of carbonyl (C=O) groups excluding carboxylic acids is 3. The number of ether oxygens (including phenoxy) is 1. The average molecular weight is 520 g/mol. The van der Waals surface area contributed by atoms with Gasteiger partial charge in [0.1, 0.15) is 18.0 Å². The number of fused-ring (bicyclic) bond motifs is 1. The Labute approximate surface area is 224 Å². The predicted octanol–water partition coefficient (Wildman–Crippen LogP) is 4.41. The second kappa shape index (κ2) is 10.6. The number of amides is 4. The Balaban J connectivity index is 1.43. The standard InChI is InChI=1S/C30H25N5O4/c1-19-23(22-11-5-7-13-26(22)34(19)17-21-10-4-3-9-20(21)16-31)15-25-29(37)35(30(38)33-25)18-28(36)32-24-12-6-8-14-27(24)39-2/h3-15H,17-18H2,1-2H3,(H,32,36)(H,33,38)/b25-15+. The number of urea groups is 1. The number of hydrogen-bond donors (Lipinski definition) is 2. The number of aromatic nitrogens is 1. The smallest absolute Gasteiger partial charge is 0.329 e. The Morgan fingerprint density at radius 2 is 1.77 bits per heavy atom. The number of anilines is 1. The van der Waals surface area contributed by atoms with Crippen LogP contribution in [0.25, 0.3) is 17.0 Å². The summed E-state index contributed by atoms with van der Waals surface area (Å²) in [6.07, 6.45) is 1.64. The molecule has 0 atom stereocenters. The third kappa shape index (κ3) is 4.83. The van der Waals surface area contributed by atoms with Crippen molar-refractivity contribution in [3.63, 3.8) is 0 Å². The molecule has 1 aromatic heterocycles. The van der Waals surface area contributed by atoms with Crippen molar-refractivity contribution in [3.8, 4) is 11.8 Å². The van der Waals surface area contributed by atoms with Crippen molar-refractivity contribution in [1.29, 1.82) is 5.26 Å². The molecular formula is C30H25N5O4. The number of rotatable bonds is 7. The minimum atomic E-state index is -0.675. The molecule has 2 N–H and O–H groups in total. The number of carbonyl (C=O) groups is 3. The van der Waals surface area contributed by atoms with Gasteiger partial charge in [0.25, 0.3) is 5.91 Å². The van der Waals surface area contributed by atoms with Crippen LogP contribution in [-0.4, -0.2) is 41.0 Å². The highest BCUT2D eigenvalue weighted by molar-refractivity contribution is 6.16. The Kier molecular flexibility index (Phi) is 6.85. The van der Waals surface area contributed by atoms with Crippen molar-refractivity contribution < 1.29 is 19.1 Å². The van der Waals surface area contributed by atoms with Crippen LogP contribution in [0, 0.1) is 18.3 Å². The average Bonchev–Trinajstić information content (AvgIpc) is 3.36. The zero-order valence-electron chi connectivity index (χ0n) is 21.4. The van der Waals surface area contributed by atoms with Gasteiger partial charge in [0.2, 0.25) is 5.91 Å². The van der Waals surface area contributed by atoms with E-state index in [0.29, 0.717) is 23.5 Å². The Hall–Kier alpha value is -5.36. The van der Waals surface area contributed by atoms with Crippen molar-refractivity contribution in [1.82, 2.24) is 14.8 Å². The summed E-state index contributed by atoms with van der Waals surface area (Å²) in [6.45, 7) is 1.95. The molecule has 2 heterocycles. The number of hydrogen-bond acceptors (Lipinski definition) is 5. The van der Waals surface area contributed by atoms with Crippen LogP contribution < -0.4 is 15.4 Å². The van der Waals surface area contributed by atoms with E-state index in [-0.39, 0.29) is 5.70 Å². The molecule has 0 saturated carbocycles. The minimum absolute atomic E-state index is 0.0773. The third-order valence-electron chi connectivity index (χ3n) is 6.68. The maximum atomic E-state index is 13.2. The van der Waals surface area contributed by atoms with Crippen molar-refractivity contribution in [2.75, 3.05) is 19.0 Å². The molecule has 0 bridgehead atoms. The molecule has 0 unspecified atom stereocenters. The number of nitrogens with one attached hydrogen (secondary N) is 2. The molecule has 5 rings (SSSR count). The van der Waals surface area contributed by atoms with E-state index >= 15 is 0 Å². The maximum Gasteiger partial charge on any atom is 0.329 e. The Morgan fingerprint density at radius 3 is 2.56 bits per heavy atom. The Bertz CT molecular complexity index is 1700. The summed E-state index contributed by atoms with van der Waals surface area (Å²) in [6, 6.07) is 23.6. The fraction of sp³-hybridized carbons (Fsp3) is 0.133. The molecule has 3 aromatic carbocycles. The fourth-order valence-electron chi connectivity index (χ4n) is 4.72. The molecule has 0 spiro atoms. The summed E-state index contributed by atoms with van der Waals surface area (Å²) >= 11 is 0. The van der Waals surface area contributed by atoms with Crippen LogP contribution in [0.3, 0.4) is 0 Å². The highest BCUT2D eigenvalue weighted by Gasteiger charge is 2.35. The van der Waals surface area contributed by atoms with E-state index in [2.05, 4.69) is 21.3 Å². The predicted molar refractivity (Wildman–Crippen MR) is 147 cm³/mol. The molecule has 4 aromatic rings. The second-order valence-electron chi connectivity index (χ2n) is 9.00. The van der Waals surface area contributed by atoms with Gasteiger partial charge in [0.05, 0.1) is 24.4 Å². The van der Waals surface area contributed by atoms with Gasteiger partial charge in [-0.05, 0) is 42.8 Å². The first-order valence-corrected chi connectivity index (χ1v) is 12.2. The van der Waals surface area contributed by atoms with Crippen LogP contribution in [0.5, 0.6) is 5.75 Å². The molecule has 194 valence electrons. The summed E-state index contributed by atoms with van der Waals surface area (Å²) < 4.78 is 7.32. The van der Waals surface area contributed by atoms with Gasteiger partial charge in [-0.3, -0.25) is 9.59 Å². The van der Waals surface area contributed by atoms with E-state index in [4.69, 9.17) is 4.74 Å². The van der Waals surface area contributed by atoms with Gasteiger partial charge in [-0.25, -0.2) is 9.69 Å². The second-order valence-corrected chi connectivity index (χ2v) is 9.00. The van der Waals surface area contributed by atoms with Crippen LogP contribution in [0.2, 0.25) is 0 Å². The van der Waals surface area contributed by atoms with Gasteiger partial charge in [-0.2, -0.15) is 5.26 Å². The quantitative estimate of drug-likeness (QED) is 0.277. The number of nitrogens with zero attached hydrogens (tertiary/aromatic N) is 3. The first-order valence-electron chi connectivity index (χ1n) is 12.2. The highest BCUT2D eigenvalue weighted by atomic mass is 16.5.